The van der Waals surface area contributed by atoms with Gasteiger partial charge in [0.2, 0.25) is 0 Å². The number of aliphatic hydroxyl groups is 1. The van der Waals surface area contributed by atoms with Crippen LogP contribution >= 0.6 is 0 Å². The van der Waals surface area contributed by atoms with Gasteiger partial charge >= 0.3 is 0 Å². The molecule has 2 aromatic rings. The van der Waals surface area contributed by atoms with Gasteiger partial charge < -0.3 is 14.5 Å². The summed E-state index contributed by atoms with van der Waals surface area (Å²) in [5.74, 6) is 1.21. The molecule has 1 aliphatic rings. The van der Waals surface area contributed by atoms with E-state index in [0.717, 1.165) is 18.5 Å². The minimum absolute atomic E-state index is 0.544. The number of β-amino-alcohol motifs (C(OH)–C–C–N with tert-alkyl or cyclic N) is 1. The molecule has 0 radical (unpaired) electrons. The summed E-state index contributed by atoms with van der Waals surface area (Å²) < 4.78 is 5.36. The minimum Gasteiger partial charge on any atom is -0.387 e. The number of aromatic nitrogens is 2. The van der Waals surface area contributed by atoms with Crippen molar-refractivity contribution in [3.05, 3.63) is 35.7 Å². The van der Waals surface area contributed by atoms with Crippen LogP contribution in [0.2, 0.25) is 0 Å². The maximum atomic E-state index is 10.6. The maximum Gasteiger partial charge on any atom is 0.257 e. The molecule has 124 valence electrons. The molecule has 6 nitrogen and oxygen atoms in total. The van der Waals surface area contributed by atoms with Gasteiger partial charge in [-0.2, -0.15) is 4.98 Å². The molecule has 0 aliphatic carbocycles. The van der Waals surface area contributed by atoms with Crippen molar-refractivity contribution in [2.45, 2.75) is 25.5 Å². The zero-order valence-electron chi connectivity index (χ0n) is 14.0. The topological polar surface area (TPSA) is 65.6 Å². The Balaban J connectivity index is 1.63. The molecule has 1 atom stereocenters. The van der Waals surface area contributed by atoms with Crippen LogP contribution in [0, 0.1) is 6.92 Å². The quantitative estimate of drug-likeness (QED) is 0.903. The second kappa shape index (κ2) is 6.39. The SMILES string of the molecule is Cc1ccc(-c2nc(CN3CCC(O)(CN(C)C)C3)no2)cc1. The van der Waals surface area contributed by atoms with E-state index in [2.05, 4.69) is 15.0 Å². The van der Waals surface area contributed by atoms with E-state index in [-0.39, 0.29) is 0 Å². The standard InChI is InChI=1S/C17H24N4O2/c1-13-4-6-14(7-5-13)16-18-15(19-23-16)10-21-9-8-17(22,12-21)11-20(2)3/h4-7,22H,8-12H2,1-3H3. The van der Waals surface area contributed by atoms with Gasteiger partial charge in [0.05, 0.1) is 12.1 Å². The number of hydrogen-bond donors (Lipinski definition) is 1. The summed E-state index contributed by atoms with van der Waals surface area (Å²) in [6, 6.07) is 8.03. The van der Waals surface area contributed by atoms with Gasteiger partial charge in [-0.3, -0.25) is 4.90 Å². The second-order valence-corrected chi connectivity index (χ2v) is 6.80. The maximum absolute atomic E-state index is 10.6. The second-order valence-electron chi connectivity index (χ2n) is 6.80. The normalized spacial score (nSPS) is 22.1. The van der Waals surface area contributed by atoms with Crippen molar-refractivity contribution in [3.8, 4) is 11.5 Å². The zero-order chi connectivity index (χ0) is 16.4. The predicted molar refractivity (Wildman–Crippen MR) is 87.9 cm³/mol. The van der Waals surface area contributed by atoms with Crippen LogP contribution in [0.3, 0.4) is 0 Å². The van der Waals surface area contributed by atoms with E-state index in [1.165, 1.54) is 5.56 Å². The number of rotatable bonds is 5. The van der Waals surface area contributed by atoms with Gasteiger partial charge in [-0.1, -0.05) is 22.9 Å². The third-order valence-corrected chi connectivity index (χ3v) is 4.15. The van der Waals surface area contributed by atoms with Crippen LogP contribution in [-0.2, 0) is 6.54 Å². The Morgan fingerprint density at radius 1 is 1.30 bits per heavy atom. The van der Waals surface area contributed by atoms with Crippen molar-refractivity contribution in [3.63, 3.8) is 0 Å². The Hall–Kier alpha value is -1.76. The Morgan fingerprint density at radius 3 is 2.74 bits per heavy atom. The average molecular weight is 316 g/mol. The first-order chi connectivity index (χ1) is 10.9. The first-order valence-electron chi connectivity index (χ1n) is 7.93. The first kappa shape index (κ1) is 16.1. The van der Waals surface area contributed by atoms with Crippen LogP contribution in [0.25, 0.3) is 11.5 Å². The van der Waals surface area contributed by atoms with Gasteiger partial charge in [-0.25, -0.2) is 0 Å². The molecule has 1 saturated heterocycles. The van der Waals surface area contributed by atoms with Crippen LogP contribution in [0.5, 0.6) is 0 Å². The zero-order valence-corrected chi connectivity index (χ0v) is 14.0. The highest BCUT2D eigenvalue weighted by Gasteiger charge is 2.36. The fraction of sp³-hybridized carbons (Fsp3) is 0.529. The Bertz CT molecular complexity index is 653. The van der Waals surface area contributed by atoms with Crippen molar-refractivity contribution in [1.82, 2.24) is 19.9 Å². The van der Waals surface area contributed by atoms with Crippen LogP contribution in [0.15, 0.2) is 28.8 Å². The van der Waals surface area contributed by atoms with Crippen LogP contribution < -0.4 is 0 Å². The van der Waals surface area contributed by atoms with Crippen LogP contribution in [0.1, 0.15) is 17.8 Å². The smallest absolute Gasteiger partial charge is 0.257 e. The Morgan fingerprint density at radius 2 is 2.04 bits per heavy atom. The number of benzene rings is 1. The number of likely N-dealkylation sites (tertiary alicyclic amines) is 1. The predicted octanol–water partition coefficient (Wildman–Crippen LogP) is 1.54. The van der Waals surface area contributed by atoms with Crippen molar-refractivity contribution < 1.29 is 9.63 Å². The van der Waals surface area contributed by atoms with Crippen molar-refractivity contribution in [2.24, 2.45) is 0 Å². The van der Waals surface area contributed by atoms with Crippen molar-refractivity contribution >= 4 is 0 Å². The summed E-state index contributed by atoms with van der Waals surface area (Å²) in [5.41, 5.74) is 1.48. The molecule has 1 N–H and O–H groups in total. The molecule has 23 heavy (non-hydrogen) atoms. The van der Waals surface area contributed by atoms with Gasteiger partial charge in [-0.05, 0) is 39.6 Å². The molecule has 1 unspecified atom stereocenters. The lowest BCUT2D eigenvalue weighted by Crippen LogP contribution is -2.42. The fourth-order valence-electron chi connectivity index (χ4n) is 3.12. The van der Waals surface area contributed by atoms with Crippen LogP contribution in [-0.4, -0.2) is 64.4 Å². The molecule has 2 heterocycles. The molecule has 0 saturated carbocycles. The lowest BCUT2D eigenvalue weighted by atomic mass is 10.0. The van der Waals surface area contributed by atoms with Gasteiger partial charge in [0.25, 0.3) is 5.89 Å². The highest BCUT2D eigenvalue weighted by Crippen LogP contribution is 2.24. The first-order valence-corrected chi connectivity index (χ1v) is 7.93. The molecular weight excluding hydrogens is 292 g/mol. The van der Waals surface area contributed by atoms with Crippen molar-refractivity contribution in [1.29, 1.82) is 0 Å². The molecule has 0 amide bonds. The number of nitrogens with zero attached hydrogens (tertiary/aromatic N) is 4. The average Bonchev–Trinajstić information content (AvgIpc) is 3.07. The summed E-state index contributed by atoms with van der Waals surface area (Å²) in [6.07, 6.45) is 0.772. The third kappa shape index (κ3) is 3.96. The molecule has 6 heteroatoms. The van der Waals surface area contributed by atoms with E-state index in [4.69, 9.17) is 4.52 Å². The Labute approximate surface area is 136 Å². The molecule has 0 spiro atoms. The highest BCUT2D eigenvalue weighted by atomic mass is 16.5. The van der Waals surface area contributed by atoms with Gasteiger partial charge in [0, 0.05) is 25.2 Å². The van der Waals surface area contributed by atoms with Crippen molar-refractivity contribution in [2.75, 3.05) is 33.7 Å². The van der Waals surface area contributed by atoms with Crippen LogP contribution in [0.4, 0.5) is 0 Å². The molecule has 0 bridgehead atoms. The fourth-order valence-corrected chi connectivity index (χ4v) is 3.12. The summed E-state index contributed by atoms with van der Waals surface area (Å²) in [7, 11) is 3.96. The summed E-state index contributed by atoms with van der Waals surface area (Å²) in [6.45, 7) is 4.80. The van der Waals surface area contributed by atoms with Gasteiger partial charge in [-0.15, -0.1) is 0 Å². The van der Waals surface area contributed by atoms with E-state index < -0.39 is 5.60 Å². The largest absolute Gasteiger partial charge is 0.387 e. The van der Waals surface area contributed by atoms with E-state index in [1.54, 1.807) is 0 Å². The number of hydrogen-bond acceptors (Lipinski definition) is 6. The molecule has 1 fully saturated rings. The molecular formula is C17H24N4O2. The lowest BCUT2D eigenvalue weighted by molar-refractivity contribution is 0.0238. The summed E-state index contributed by atoms with van der Waals surface area (Å²) in [5, 5.41) is 14.6. The third-order valence-electron chi connectivity index (χ3n) is 4.15. The Kier molecular flexibility index (Phi) is 4.48. The van der Waals surface area contributed by atoms with Gasteiger partial charge in [0.1, 0.15) is 0 Å². The minimum atomic E-state index is -0.646. The van der Waals surface area contributed by atoms with E-state index >= 15 is 0 Å². The lowest BCUT2D eigenvalue weighted by Gasteiger charge is -2.26. The molecule has 1 aromatic carbocycles. The number of aryl methyl sites for hydroxylation is 1. The van der Waals surface area contributed by atoms with E-state index in [1.807, 2.05) is 50.2 Å². The number of likely N-dealkylation sites (N-methyl/N-ethyl adjacent to an activating group) is 1. The van der Waals surface area contributed by atoms with E-state index in [9.17, 15) is 5.11 Å². The monoisotopic (exact) mass is 316 g/mol. The molecule has 3 rings (SSSR count). The summed E-state index contributed by atoms with van der Waals surface area (Å²) >= 11 is 0. The van der Waals surface area contributed by atoms with Gasteiger partial charge in [0.15, 0.2) is 5.82 Å². The summed E-state index contributed by atoms with van der Waals surface area (Å²) in [4.78, 5) is 8.67. The van der Waals surface area contributed by atoms with E-state index in [0.29, 0.717) is 31.3 Å². The molecule has 1 aromatic heterocycles. The molecule has 1 aliphatic heterocycles. The highest BCUT2D eigenvalue weighted by molar-refractivity contribution is 5.53.